The van der Waals surface area contributed by atoms with E-state index >= 15 is 0 Å². The van der Waals surface area contributed by atoms with Crippen molar-refractivity contribution in [2.24, 2.45) is 0 Å². The number of ether oxygens (including phenoxy) is 3. The molecule has 2 rings (SSSR count). The molecule has 18 heavy (non-hydrogen) atoms. The maximum Gasteiger partial charge on any atom is 0.211 e. The van der Waals surface area contributed by atoms with Gasteiger partial charge in [-0.2, -0.15) is 0 Å². The summed E-state index contributed by atoms with van der Waals surface area (Å²) >= 11 is 3.40. The van der Waals surface area contributed by atoms with Crippen molar-refractivity contribution in [3.05, 3.63) is 46.9 Å². The van der Waals surface area contributed by atoms with Crippen LogP contribution in [0.3, 0.4) is 0 Å². The summed E-state index contributed by atoms with van der Waals surface area (Å²) in [7, 11) is 3.19. The number of para-hydroxylation sites is 1. The summed E-state index contributed by atoms with van der Waals surface area (Å²) < 4.78 is 17.3. The summed E-state index contributed by atoms with van der Waals surface area (Å²) in [5.74, 6) is 2.53. The van der Waals surface area contributed by atoms with Gasteiger partial charge in [0.2, 0.25) is 5.75 Å². The lowest BCUT2D eigenvalue weighted by Crippen LogP contribution is -1.94. The van der Waals surface area contributed by atoms with Gasteiger partial charge in [0.15, 0.2) is 11.5 Å². The average molecular weight is 309 g/mol. The van der Waals surface area contributed by atoms with Crippen LogP contribution in [-0.2, 0) is 0 Å². The summed E-state index contributed by atoms with van der Waals surface area (Å²) in [6, 6.07) is 13.2. The second-order valence-corrected chi connectivity index (χ2v) is 4.47. The molecule has 0 bridgehead atoms. The van der Waals surface area contributed by atoms with Gasteiger partial charge in [-0.25, -0.2) is 0 Å². The van der Waals surface area contributed by atoms with Crippen molar-refractivity contribution in [3.63, 3.8) is 0 Å². The van der Waals surface area contributed by atoms with Crippen molar-refractivity contribution >= 4 is 15.9 Å². The number of rotatable bonds is 4. The van der Waals surface area contributed by atoms with Gasteiger partial charge in [0, 0.05) is 4.47 Å². The summed E-state index contributed by atoms with van der Waals surface area (Å²) in [6.45, 7) is 0. The quantitative estimate of drug-likeness (QED) is 0.844. The molecule has 0 fully saturated rings. The molecule has 2 aromatic carbocycles. The third-order valence-corrected chi connectivity index (χ3v) is 2.85. The molecule has 94 valence electrons. The van der Waals surface area contributed by atoms with Gasteiger partial charge in [-0.15, -0.1) is 0 Å². The van der Waals surface area contributed by atoms with Crippen LogP contribution >= 0.6 is 15.9 Å². The molecule has 0 aliphatic carbocycles. The first-order valence-electron chi connectivity index (χ1n) is 5.39. The number of hydrogen-bond acceptors (Lipinski definition) is 3. The predicted octanol–water partition coefficient (Wildman–Crippen LogP) is 4.26. The van der Waals surface area contributed by atoms with E-state index in [0.29, 0.717) is 17.2 Å². The summed E-state index contributed by atoms with van der Waals surface area (Å²) in [5.41, 5.74) is 0. The normalized spacial score (nSPS) is 9.94. The fourth-order valence-electron chi connectivity index (χ4n) is 1.55. The average Bonchev–Trinajstić information content (AvgIpc) is 2.41. The number of methoxy groups -OCH3 is 2. The van der Waals surface area contributed by atoms with Crippen LogP contribution in [0.15, 0.2) is 46.9 Å². The van der Waals surface area contributed by atoms with Gasteiger partial charge >= 0.3 is 0 Å². The predicted molar refractivity (Wildman–Crippen MR) is 73.8 cm³/mol. The van der Waals surface area contributed by atoms with Crippen molar-refractivity contribution in [1.82, 2.24) is 0 Å². The Hall–Kier alpha value is -1.68. The highest BCUT2D eigenvalue weighted by Gasteiger charge is 2.14. The van der Waals surface area contributed by atoms with Gasteiger partial charge in [-0.3, -0.25) is 0 Å². The molecule has 3 nitrogen and oxygen atoms in total. The molecule has 0 atom stereocenters. The summed E-state index contributed by atoms with van der Waals surface area (Å²) in [4.78, 5) is 0. The third-order valence-electron chi connectivity index (χ3n) is 2.39. The van der Waals surface area contributed by atoms with Crippen LogP contribution in [0.4, 0.5) is 0 Å². The molecule has 0 aromatic heterocycles. The van der Waals surface area contributed by atoms with Crippen molar-refractivity contribution in [2.75, 3.05) is 14.2 Å². The molecule has 0 heterocycles. The van der Waals surface area contributed by atoms with Crippen molar-refractivity contribution in [1.29, 1.82) is 0 Å². The largest absolute Gasteiger partial charge is 0.493 e. The van der Waals surface area contributed by atoms with Crippen LogP contribution in [0, 0.1) is 0 Å². The van der Waals surface area contributed by atoms with E-state index in [1.807, 2.05) is 42.5 Å². The van der Waals surface area contributed by atoms with Crippen LogP contribution in [0.2, 0.25) is 0 Å². The zero-order chi connectivity index (χ0) is 13.0. The molecule has 4 heteroatoms. The first-order valence-corrected chi connectivity index (χ1v) is 6.18. The third kappa shape index (κ3) is 2.76. The Morgan fingerprint density at radius 2 is 1.44 bits per heavy atom. The number of halogens is 1. The molecule has 0 unspecified atom stereocenters. The van der Waals surface area contributed by atoms with Crippen LogP contribution in [-0.4, -0.2) is 14.2 Å². The van der Waals surface area contributed by atoms with E-state index in [2.05, 4.69) is 15.9 Å². The molecule has 0 spiro atoms. The van der Waals surface area contributed by atoms with E-state index in [4.69, 9.17) is 14.2 Å². The molecule has 0 aliphatic rings. The second kappa shape index (κ2) is 5.78. The number of hydrogen-bond donors (Lipinski definition) is 0. The lowest BCUT2D eigenvalue weighted by atomic mass is 10.3. The maximum atomic E-state index is 5.81. The Labute approximate surface area is 114 Å². The minimum atomic E-state index is 0.564. The molecule has 0 radical (unpaired) electrons. The Morgan fingerprint density at radius 1 is 0.889 bits per heavy atom. The molecule has 0 N–H and O–H groups in total. The first kappa shape index (κ1) is 12.8. The molecule has 0 amide bonds. The van der Waals surface area contributed by atoms with Gasteiger partial charge in [-0.05, 0) is 24.3 Å². The summed E-state index contributed by atoms with van der Waals surface area (Å²) in [5, 5.41) is 0. The molecule has 2 aromatic rings. The number of benzene rings is 2. The summed E-state index contributed by atoms with van der Waals surface area (Å²) in [6.07, 6.45) is 0. The SMILES string of the molecule is COc1cc(Br)cc(OC)c1Oc1ccccc1. The lowest BCUT2D eigenvalue weighted by Gasteiger charge is -2.14. The van der Waals surface area contributed by atoms with Crippen LogP contribution < -0.4 is 14.2 Å². The van der Waals surface area contributed by atoms with Crippen LogP contribution in [0.1, 0.15) is 0 Å². The standard InChI is InChI=1S/C14H13BrO3/c1-16-12-8-10(15)9-13(17-2)14(12)18-11-6-4-3-5-7-11/h3-9H,1-2H3. The van der Waals surface area contributed by atoms with Crippen molar-refractivity contribution in [3.8, 4) is 23.0 Å². The van der Waals surface area contributed by atoms with Gasteiger partial charge in [-0.1, -0.05) is 34.1 Å². The van der Waals surface area contributed by atoms with Crippen LogP contribution in [0.25, 0.3) is 0 Å². The van der Waals surface area contributed by atoms with Crippen molar-refractivity contribution in [2.45, 2.75) is 0 Å². The molecular weight excluding hydrogens is 296 g/mol. The smallest absolute Gasteiger partial charge is 0.211 e. The Morgan fingerprint density at radius 3 is 1.94 bits per heavy atom. The highest BCUT2D eigenvalue weighted by Crippen LogP contribution is 2.42. The van der Waals surface area contributed by atoms with Gasteiger partial charge in [0.05, 0.1) is 14.2 Å². The minimum absolute atomic E-state index is 0.564. The zero-order valence-corrected chi connectivity index (χ0v) is 11.7. The van der Waals surface area contributed by atoms with Crippen LogP contribution in [0.5, 0.6) is 23.0 Å². The fourth-order valence-corrected chi connectivity index (χ4v) is 1.97. The first-order chi connectivity index (χ1) is 8.74. The monoisotopic (exact) mass is 308 g/mol. The zero-order valence-electron chi connectivity index (χ0n) is 10.1. The molecule has 0 saturated heterocycles. The second-order valence-electron chi connectivity index (χ2n) is 3.55. The molecule has 0 saturated carbocycles. The Bertz CT molecular complexity index is 501. The Balaban J connectivity index is 2.42. The molecule has 0 aliphatic heterocycles. The highest BCUT2D eigenvalue weighted by molar-refractivity contribution is 9.10. The van der Waals surface area contributed by atoms with E-state index in [0.717, 1.165) is 10.2 Å². The van der Waals surface area contributed by atoms with E-state index in [-0.39, 0.29) is 0 Å². The maximum absolute atomic E-state index is 5.81. The van der Waals surface area contributed by atoms with Crippen molar-refractivity contribution < 1.29 is 14.2 Å². The van der Waals surface area contributed by atoms with E-state index < -0.39 is 0 Å². The Kier molecular flexibility index (Phi) is 4.10. The van der Waals surface area contributed by atoms with E-state index in [1.165, 1.54) is 0 Å². The van der Waals surface area contributed by atoms with E-state index in [9.17, 15) is 0 Å². The minimum Gasteiger partial charge on any atom is -0.493 e. The fraction of sp³-hybridized carbons (Fsp3) is 0.143. The molecular formula is C14H13BrO3. The van der Waals surface area contributed by atoms with Gasteiger partial charge < -0.3 is 14.2 Å². The van der Waals surface area contributed by atoms with Gasteiger partial charge in [0.1, 0.15) is 5.75 Å². The lowest BCUT2D eigenvalue weighted by molar-refractivity contribution is 0.346. The van der Waals surface area contributed by atoms with Gasteiger partial charge in [0.25, 0.3) is 0 Å². The topological polar surface area (TPSA) is 27.7 Å². The van der Waals surface area contributed by atoms with E-state index in [1.54, 1.807) is 14.2 Å². The highest BCUT2D eigenvalue weighted by atomic mass is 79.9.